The Morgan fingerprint density at radius 1 is 0.846 bits per heavy atom. The molecule has 0 bridgehead atoms. The summed E-state index contributed by atoms with van der Waals surface area (Å²) in [7, 11) is 0. The van der Waals surface area contributed by atoms with E-state index in [1.165, 1.54) is 42.6 Å². The molecule has 0 amide bonds. The predicted octanol–water partition coefficient (Wildman–Crippen LogP) is 8.95. The predicted molar refractivity (Wildman–Crippen MR) is 152 cm³/mol. The van der Waals surface area contributed by atoms with Crippen LogP contribution >= 0.6 is 0 Å². The lowest BCUT2D eigenvalue weighted by Gasteiger charge is -2.28. The lowest BCUT2D eigenvalue weighted by Crippen LogP contribution is -2.34. The molecule has 1 aliphatic carbocycles. The van der Waals surface area contributed by atoms with Crippen molar-refractivity contribution < 1.29 is 13.2 Å². The van der Waals surface area contributed by atoms with Crippen LogP contribution in [0, 0.1) is 5.41 Å². The van der Waals surface area contributed by atoms with Gasteiger partial charge in [0.2, 0.25) is 0 Å². The first-order valence-corrected chi connectivity index (χ1v) is 13.2. The highest BCUT2D eigenvalue weighted by Gasteiger charge is 2.47. The van der Waals surface area contributed by atoms with Crippen LogP contribution < -0.4 is 0 Å². The molecule has 2 heterocycles. The summed E-state index contributed by atoms with van der Waals surface area (Å²) in [5.41, 5.74) is 4.41. The Morgan fingerprint density at radius 2 is 1.51 bits per heavy atom. The van der Waals surface area contributed by atoms with Crippen LogP contribution in [0.1, 0.15) is 76.5 Å². The highest BCUT2D eigenvalue weighted by molar-refractivity contribution is 5.97. The molecule has 0 aliphatic heterocycles. The van der Waals surface area contributed by atoms with E-state index >= 15 is 0 Å². The molecule has 0 spiro atoms. The molecule has 202 valence electrons. The van der Waals surface area contributed by atoms with Gasteiger partial charge in [0.05, 0.1) is 11.1 Å². The summed E-state index contributed by atoms with van der Waals surface area (Å²) in [5, 5.41) is 2.41. The van der Waals surface area contributed by atoms with E-state index in [0.717, 1.165) is 28.0 Å². The van der Waals surface area contributed by atoms with Crippen LogP contribution in [0.2, 0.25) is 0 Å². The van der Waals surface area contributed by atoms with Crippen molar-refractivity contribution in [2.75, 3.05) is 0 Å². The SMILES string of the molecule is CC(C)(C)c1cc(-c2nccc3c2C(C)(C)C(c2ncc(CC(C)(C)C(F)(F)F)cn2)=C3)cc2ccccc12. The second-order valence-electron chi connectivity index (χ2n) is 12.8. The van der Waals surface area contributed by atoms with Gasteiger partial charge in [-0.05, 0) is 69.1 Å². The van der Waals surface area contributed by atoms with E-state index in [9.17, 15) is 13.2 Å². The molecule has 0 saturated heterocycles. The Hall–Kier alpha value is -3.54. The number of benzene rings is 2. The van der Waals surface area contributed by atoms with E-state index in [-0.39, 0.29) is 11.8 Å². The van der Waals surface area contributed by atoms with E-state index in [2.05, 4.69) is 87.1 Å². The smallest absolute Gasteiger partial charge is 0.256 e. The maximum absolute atomic E-state index is 13.4. The average molecular weight is 530 g/mol. The third kappa shape index (κ3) is 4.75. The van der Waals surface area contributed by atoms with Crippen LogP contribution in [-0.4, -0.2) is 21.1 Å². The van der Waals surface area contributed by atoms with E-state index in [1.807, 2.05) is 12.3 Å². The van der Waals surface area contributed by atoms with Crippen molar-refractivity contribution in [1.82, 2.24) is 15.0 Å². The van der Waals surface area contributed by atoms with Crippen molar-refractivity contribution in [2.45, 2.75) is 71.9 Å². The third-order valence-electron chi connectivity index (χ3n) is 7.88. The first kappa shape index (κ1) is 27.0. The molecule has 0 fully saturated rings. The summed E-state index contributed by atoms with van der Waals surface area (Å²) in [5.74, 6) is 0.518. The van der Waals surface area contributed by atoms with Crippen LogP contribution in [0.3, 0.4) is 0 Å². The van der Waals surface area contributed by atoms with Gasteiger partial charge in [-0.2, -0.15) is 13.2 Å². The molecule has 39 heavy (non-hydrogen) atoms. The maximum atomic E-state index is 13.4. The Balaban J connectivity index is 1.55. The average Bonchev–Trinajstić information content (AvgIpc) is 3.13. The molecule has 0 unspecified atom stereocenters. The van der Waals surface area contributed by atoms with Crippen molar-refractivity contribution in [1.29, 1.82) is 0 Å². The van der Waals surface area contributed by atoms with Crippen molar-refractivity contribution in [2.24, 2.45) is 5.41 Å². The van der Waals surface area contributed by atoms with Crippen molar-refractivity contribution >= 4 is 22.4 Å². The largest absolute Gasteiger partial charge is 0.394 e. The number of alkyl halides is 3. The summed E-state index contributed by atoms with van der Waals surface area (Å²) < 4.78 is 40.2. The molecule has 2 aromatic carbocycles. The van der Waals surface area contributed by atoms with Gasteiger partial charge in [0.15, 0.2) is 5.82 Å². The summed E-state index contributed by atoms with van der Waals surface area (Å²) in [4.78, 5) is 13.9. The Labute approximate surface area is 228 Å². The lowest BCUT2D eigenvalue weighted by atomic mass is 9.77. The first-order valence-electron chi connectivity index (χ1n) is 13.2. The van der Waals surface area contributed by atoms with Gasteiger partial charge in [-0.25, -0.2) is 9.97 Å². The first-order chi connectivity index (χ1) is 18.1. The van der Waals surface area contributed by atoms with Crippen molar-refractivity contribution in [3.8, 4) is 11.3 Å². The van der Waals surface area contributed by atoms with Crippen LogP contribution in [0.15, 0.2) is 61.1 Å². The second-order valence-corrected chi connectivity index (χ2v) is 12.8. The number of hydrogen-bond acceptors (Lipinski definition) is 3. The van der Waals surface area contributed by atoms with Gasteiger partial charge in [-0.15, -0.1) is 0 Å². The molecular weight excluding hydrogens is 495 g/mol. The molecule has 0 atom stereocenters. The molecule has 3 nitrogen and oxygen atoms in total. The molecule has 1 aliphatic rings. The quantitative estimate of drug-likeness (QED) is 0.265. The number of halogens is 3. The lowest BCUT2D eigenvalue weighted by molar-refractivity contribution is -0.211. The molecular formula is C33H34F3N3. The van der Waals surface area contributed by atoms with Gasteiger partial charge in [-0.1, -0.05) is 72.7 Å². The van der Waals surface area contributed by atoms with Gasteiger partial charge < -0.3 is 0 Å². The summed E-state index contributed by atoms with van der Waals surface area (Å²) in [6.07, 6.45) is 2.48. The van der Waals surface area contributed by atoms with Crippen molar-refractivity contribution in [3.63, 3.8) is 0 Å². The molecule has 0 radical (unpaired) electrons. The molecule has 4 aromatic rings. The molecule has 5 rings (SSSR count). The van der Waals surface area contributed by atoms with Gasteiger partial charge >= 0.3 is 6.18 Å². The number of fused-ring (bicyclic) bond motifs is 2. The minimum Gasteiger partial charge on any atom is -0.256 e. The zero-order valence-electron chi connectivity index (χ0n) is 23.5. The highest BCUT2D eigenvalue weighted by atomic mass is 19.4. The van der Waals surface area contributed by atoms with E-state index < -0.39 is 17.0 Å². The maximum Gasteiger partial charge on any atom is 0.394 e. The van der Waals surface area contributed by atoms with Crippen LogP contribution in [0.5, 0.6) is 0 Å². The molecule has 0 saturated carbocycles. The minimum absolute atomic E-state index is 0.0528. The number of allylic oxidation sites excluding steroid dienone is 1. The normalized spacial score (nSPS) is 15.4. The Morgan fingerprint density at radius 3 is 2.15 bits per heavy atom. The minimum atomic E-state index is -4.30. The van der Waals surface area contributed by atoms with E-state index in [0.29, 0.717) is 11.4 Å². The van der Waals surface area contributed by atoms with Crippen molar-refractivity contribution in [3.05, 3.63) is 89.1 Å². The van der Waals surface area contributed by atoms with Crippen LogP contribution in [0.25, 0.3) is 33.7 Å². The standard InChI is InChI=1S/C33H34F3N3/c1-30(2,3)25-16-23(14-21-10-8-9-11-24(21)25)28-27-22(12-13-37-28)15-26(32(27,6)7)29-38-18-20(19-39-29)17-31(4,5)33(34,35)36/h8-16,18-19H,17H2,1-7H3. The zero-order chi connectivity index (χ0) is 28.4. The number of rotatable bonds is 4. The number of hydrogen-bond donors (Lipinski definition) is 0. The van der Waals surface area contributed by atoms with Crippen LogP contribution in [-0.2, 0) is 17.3 Å². The number of pyridine rings is 1. The van der Waals surface area contributed by atoms with E-state index in [4.69, 9.17) is 4.98 Å². The Bertz CT molecular complexity index is 1590. The number of aromatic nitrogens is 3. The van der Waals surface area contributed by atoms with Gasteiger partial charge in [0, 0.05) is 35.1 Å². The third-order valence-corrected chi connectivity index (χ3v) is 7.88. The summed E-state index contributed by atoms with van der Waals surface area (Å²) >= 11 is 0. The highest BCUT2D eigenvalue weighted by Crippen LogP contribution is 2.49. The molecule has 0 N–H and O–H groups in total. The zero-order valence-corrected chi connectivity index (χ0v) is 23.5. The molecule has 2 aromatic heterocycles. The van der Waals surface area contributed by atoms with Gasteiger partial charge in [0.1, 0.15) is 0 Å². The number of nitrogens with zero attached hydrogens (tertiary/aromatic N) is 3. The van der Waals surface area contributed by atoms with E-state index in [1.54, 1.807) is 0 Å². The molecule has 6 heteroatoms. The monoisotopic (exact) mass is 529 g/mol. The van der Waals surface area contributed by atoms with Crippen LogP contribution in [0.4, 0.5) is 13.2 Å². The fourth-order valence-electron chi connectivity index (χ4n) is 5.55. The van der Waals surface area contributed by atoms with Gasteiger partial charge in [0.25, 0.3) is 0 Å². The van der Waals surface area contributed by atoms with Gasteiger partial charge in [-0.3, -0.25) is 4.98 Å². The summed E-state index contributed by atoms with van der Waals surface area (Å²) in [6.45, 7) is 13.3. The fraction of sp³-hybridized carbons (Fsp3) is 0.364. The topological polar surface area (TPSA) is 38.7 Å². The summed E-state index contributed by atoms with van der Waals surface area (Å²) in [6, 6.07) is 14.9. The second kappa shape index (κ2) is 9.00. The Kier molecular flexibility index (Phi) is 6.24. The fourth-order valence-corrected chi connectivity index (χ4v) is 5.55.